The topological polar surface area (TPSA) is 43.6 Å². The van der Waals surface area contributed by atoms with Crippen LogP contribution >= 0.6 is 0 Å². The van der Waals surface area contributed by atoms with Gasteiger partial charge >= 0.3 is 18.5 Å². The second-order valence-electron chi connectivity index (χ2n) is 12.6. The van der Waals surface area contributed by atoms with Gasteiger partial charge in [0.2, 0.25) is 0 Å². The fraction of sp³-hybridized carbons (Fsp3) is 0.0714. The molecule has 2 heterocycles. The predicted octanol–water partition coefficient (Wildman–Crippen LogP) is 12.7. The second-order valence-corrected chi connectivity index (χ2v) is 12.6. The SMILES string of the molecule is FC(F)(F)c1ccc2c(c1)c1cc(C(F)(F)F)ccc1n2-c1cc(-c2ccccc2C(F)(F)F)ccc1-c1nc(-c2ccccc2)nc(-c2ccccc2)n1. The fourth-order valence-electron chi connectivity index (χ4n) is 6.62. The number of aromatic nitrogens is 4. The third-order valence-corrected chi connectivity index (χ3v) is 9.14. The van der Waals surface area contributed by atoms with Crippen LogP contribution in [0.3, 0.4) is 0 Å². The number of halogens is 9. The van der Waals surface area contributed by atoms with Crippen molar-refractivity contribution in [1.29, 1.82) is 0 Å². The van der Waals surface area contributed by atoms with E-state index < -0.39 is 35.2 Å². The molecule has 13 heteroatoms. The zero-order chi connectivity index (χ0) is 38.7. The van der Waals surface area contributed by atoms with Crippen LogP contribution < -0.4 is 0 Å². The first-order valence-corrected chi connectivity index (χ1v) is 16.6. The molecule has 8 aromatic rings. The van der Waals surface area contributed by atoms with Crippen LogP contribution in [0.1, 0.15) is 16.7 Å². The quantitative estimate of drug-likeness (QED) is 0.164. The molecular weight excluding hydrogens is 731 g/mol. The molecule has 6 aromatic carbocycles. The smallest absolute Gasteiger partial charge is 0.308 e. The molecule has 274 valence electrons. The van der Waals surface area contributed by atoms with E-state index in [9.17, 15) is 39.5 Å². The van der Waals surface area contributed by atoms with Gasteiger partial charge in [-0.05, 0) is 65.7 Å². The zero-order valence-corrected chi connectivity index (χ0v) is 28.0. The van der Waals surface area contributed by atoms with E-state index >= 15 is 0 Å². The molecule has 0 atom stereocenters. The second kappa shape index (κ2) is 13.1. The summed E-state index contributed by atoms with van der Waals surface area (Å²) in [6.07, 6.45) is -14.4. The summed E-state index contributed by atoms with van der Waals surface area (Å²) in [6, 6.07) is 32.4. The molecule has 2 aromatic heterocycles. The molecule has 0 aliphatic heterocycles. The molecular formula is C42H23F9N4. The van der Waals surface area contributed by atoms with Gasteiger partial charge in [0, 0.05) is 27.5 Å². The molecule has 0 unspecified atom stereocenters. The number of fused-ring (bicyclic) bond motifs is 3. The third kappa shape index (κ3) is 6.66. The van der Waals surface area contributed by atoms with Crippen LogP contribution in [0.15, 0.2) is 140 Å². The third-order valence-electron chi connectivity index (χ3n) is 9.14. The maximum absolute atomic E-state index is 14.3. The van der Waals surface area contributed by atoms with Gasteiger partial charge in [-0.25, -0.2) is 15.0 Å². The number of rotatable bonds is 5. The molecule has 0 amide bonds. The molecule has 55 heavy (non-hydrogen) atoms. The van der Waals surface area contributed by atoms with Gasteiger partial charge in [0.25, 0.3) is 0 Å². The summed E-state index contributed by atoms with van der Waals surface area (Å²) in [4.78, 5) is 14.2. The van der Waals surface area contributed by atoms with E-state index in [-0.39, 0.29) is 61.7 Å². The number of hydrogen-bond donors (Lipinski definition) is 0. The lowest BCUT2D eigenvalue weighted by Crippen LogP contribution is -2.08. The first kappa shape index (κ1) is 35.5. The van der Waals surface area contributed by atoms with Gasteiger partial charge in [-0.1, -0.05) is 84.9 Å². The molecule has 8 rings (SSSR count). The number of alkyl halides is 9. The van der Waals surface area contributed by atoms with E-state index in [1.807, 2.05) is 0 Å². The molecule has 0 N–H and O–H groups in total. The maximum Gasteiger partial charge on any atom is 0.417 e. The summed E-state index contributed by atoms with van der Waals surface area (Å²) in [6.45, 7) is 0. The molecule has 0 aliphatic carbocycles. The Morgan fingerprint density at radius 3 is 1.35 bits per heavy atom. The molecule has 0 aliphatic rings. The van der Waals surface area contributed by atoms with Gasteiger partial charge in [0.05, 0.1) is 33.4 Å². The van der Waals surface area contributed by atoms with Crippen molar-refractivity contribution in [1.82, 2.24) is 19.5 Å². The highest BCUT2D eigenvalue weighted by molar-refractivity contribution is 6.10. The largest absolute Gasteiger partial charge is 0.417 e. The van der Waals surface area contributed by atoms with Crippen molar-refractivity contribution in [2.75, 3.05) is 0 Å². The summed E-state index contributed by atoms with van der Waals surface area (Å²) in [5.41, 5.74) is -1.62. The Morgan fingerprint density at radius 1 is 0.382 bits per heavy atom. The summed E-state index contributed by atoms with van der Waals surface area (Å²) in [5, 5.41) is -0.317. The van der Waals surface area contributed by atoms with Crippen LogP contribution in [-0.2, 0) is 18.5 Å². The van der Waals surface area contributed by atoms with Crippen LogP contribution in [0.25, 0.3) is 72.8 Å². The van der Waals surface area contributed by atoms with Crippen molar-refractivity contribution in [3.8, 4) is 51.0 Å². The lowest BCUT2D eigenvalue weighted by Gasteiger charge is -2.18. The van der Waals surface area contributed by atoms with Crippen molar-refractivity contribution in [2.45, 2.75) is 18.5 Å². The van der Waals surface area contributed by atoms with E-state index in [2.05, 4.69) is 0 Å². The first-order valence-electron chi connectivity index (χ1n) is 16.6. The highest BCUT2D eigenvalue weighted by atomic mass is 19.4. The first-order chi connectivity index (χ1) is 26.2. The summed E-state index contributed by atoms with van der Waals surface area (Å²) < 4.78 is 129. The highest BCUT2D eigenvalue weighted by Gasteiger charge is 2.35. The minimum absolute atomic E-state index is 0.0483. The normalized spacial score (nSPS) is 12.5. The molecule has 4 nitrogen and oxygen atoms in total. The minimum atomic E-state index is -4.83. The molecule has 0 fully saturated rings. The van der Waals surface area contributed by atoms with Gasteiger partial charge < -0.3 is 4.57 Å². The van der Waals surface area contributed by atoms with Crippen LogP contribution in [0.4, 0.5) is 39.5 Å². The van der Waals surface area contributed by atoms with Gasteiger partial charge in [-0.2, -0.15) is 39.5 Å². The lowest BCUT2D eigenvalue weighted by atomic mass is 9.97. The monoisotopic (exact) mass is 754 g/mol. The Balaban J connectivity index is 1.49. The predicted molar refractivity (Wildman–Crippen MR) is 191 cm³/mol. The Kier molecular flexibility index (Phi) is 8.47. The Bertz CT molecular complexity index is 2590. The van der Waals surface area contributed by atoms with Crippen molar-refractivity contribution in [3.63, 3.8) is 0 Å². The van der Waals surface area contributed by atoms with Gasteiger partial charge in [0.15, 0.2) is 17.5 Å². The minimum Gasteiger partial charge on any atom is -0.308 e. The van der Waals surface area contributed by atoms with Crippen LogP contribution in [-0.4, -0.2) is 19.5 Å². The van der Waals surface area contributed by atoms with Crippen molar-refractivity contribution in [3.05, 3.63) is 156 Å². The van der Waals surface area contributed by atoms with E-state index in [4.69, 9.17) is 15.0 Å². The highest BCUT2D eigenvalue weighted by Crippen LogP contribution is 2.44. The van der Waals surface area contributed by atoms with E-state index in [1.165, 1.54) is 41.0 Å². The zero-order valence-electron chi connectivity index (χ0n) is 28.0. The van der Waals surface area contributed by atoms with Crippen molar-refractivity contribution >= 4 is 21.8 Å². The van der Waals surface area contributed by atoms with E-state index in [1.54, 1.807) is 60.7 Å². The van der Waals surface area contributed by atoms with Crippen LogP contribution in [0, 0.1) is 0 Å². The molecule has 0 saturated heterocycles. The van der Waals surface area contributed by atoms with Crippen LogP contribution in [0.5, 0.6) is 0 Å². The average Bonchev–Trinajstić information content (AvgIpc) is 3.50. The summed E-state index contributed by atoms with van der Waals surface area (Å²) in [5.74, 6) is 0.537. The number of hydrogen-bond acceptors (Lipinski definition) is 3. The van der Waals surface area contributed by atoms with Crippen LogP contribution in [0.2, 0.25) is 0 Å². The van der Waals surface area contributed by atoms with E-state index in [0.29, 0.717) is 11.1 Å². The summed E-state index contributed by atoms with van der Waals surface area (Å²) in [7, 11) is 0. The number of benzene rings is 6. The summed E-state index contributed by atoms with van der Waals surface area (Å²) >= 11 is 0. The Morgan fingerprint density at radius 2 is 0.855 bits per heavy atom. The van der Waals surface area contributed by atoms with Crippen molar-refractivity contribution < 1.29 is 39.5 Å². The molecule has 0 bridgehead atoms. The Hall–Kier alpha value is -6.50. The van der Waals surface area contributed by atoms with E-state index in [0.717, 1.165) is 42.5 Å². The molecule has 0 saturated carbocycles. The molecule has 0 radical (unpaired) electrons. The lowest BCUT2D eigenvalue weighted by molar-refractivity contribution is -0.138. The fourth-order valence-corrected chi connectivity index (χ4v) is 6.62. The standard InChI is InChI=1S/C42H23F9N4/c43-40(44,45)27-16-19-34-31(22-27)32-23-28(41(46,47)48)17-20-35(32)55(34)36-21-26(29-13-7-8-14-33(29)42(49,50)51)15-18-30(36)39-53-37(24-9-3-1-4-10-24)52-38(54-39)25-11-5-2-6-12-25/h1-23H. The average molecular weight is 755 g/mol. The Labute approximate surface area is 306 Å². The number of nitrogens with zero attached hydrogens (tertiary/aromatic N) is 4. The van der Waals surface area contributed by atoms with Gasteiger partial charge in [-0.15, -0.1) is 0 Å². The van der Waals surface area contributed by atoms with Crippen molar-refractivity contribution in [2.24, 2.45) is 0 Å². The maximum atomic E-state index is 14.3. The van der Waals surface area contributed by atoms with Gasteiger partial charge in [-0.3, -0.25) is 0 Å². The van der Waals surface area contributed by atoms with Gasteiger partial charge in [0.1, 0.15) is 0 Å². The molecule has 0 spiro atoms.